The van der Waals surface area contributed by atoms with Gasteiger partial charge in [0, 0.05) is 23.4 Å². The number of nitrogens with one attached hydrogen (secondary N) is 1. The number of rotatable bonds is 8. The lowest BCUT2D eigenvalue weighted by atomic mass is 9.82. The molecule has 1 aliphatic rings. The summed E-state index contributed by atoms with van der Waals surface area (Å²) in [6.45, 7) is 0.772. The first kappa shape index (κ1) is 22.1. The van der Waals surface area contributed by atoms with Crippen LogP contribution in [0.1, 0.15) is 36.1 Å². The molecular formula is C25H28N2O4S. The number of ether oxygens (including phenoxy) is 1. The number of carboxylic acids is 1. The fraction of sp³-hybridized carbons (Fsp3) is 0.360. The second kappa shape index (κ2) is 10.0. The summed E-state index contributed by atoms with van der Waals surface area (Å²) >= 11 is 1.59. The lowest BCUT2D eigenvalue weighted by Gasteiger charge is -2.26. The predicted molar refractivity (Wildman–Crippen MR) is 127 cm³/mol. The van der Waals surface area contributed by atoms with Crippen LogP contribution in [-0.4, -0.2) is 34.8 Å². The zero-order valence-corrected chi connectivity index (χ0v) is 18.9. The van der Waals surface area contributed by atoms with Crippen LogP contribution in [0.25, 0.3) is 11.3 Å². The van der Waals surface area contributed by atoms with Gasteiger partial charge >= 0.3 is 5.97 Å². The molecule has 0 bridgehead atoms. The van der Waals surface area contributed by atoms with Crippen molar-refractivity contribution in [2.75, 3.05) is 19.0 Å². The third-order valence-electron chi connectivity index (χ3n) is 6.14. The van der Waals surface area contributed by atoms with E-state index in [0.717, 1.165) is 59.2 Å². The molecule has 0 saturated heterocycles. The number of aromatic nitrogens is 1. The van der Waals surface area contributed by atoms with Crippen molar-refractivity contribution in [2.24, 2.45) is 11.8 Å². The van der Waals surface area contributed by atoms with Gasteiger partial charge in [-0.05, 0) is 55.4 Å². The normalized spacial score (nSPS) is 18.3. The molecule has 7 heteroatoms. The number of phenols is 1. The summed E-state index contributed by atoms with van der Waals surface area (Å²) in [4.78, 5) is 17.1. The van der Waals surface area contributed by atoms with Crippen LogP contribution in [0.15, 0.2) is 48.5 Å². The molecule has 4 rings (SSSR count). The van der Waals surface area contributed by atoms with Crippen LogP contribution >= 0.6 is 11.3 Å². The van der Waals surface area contributed by atoms with Crippen molar-refractivity contribution in [1.82, 2.24) is 4.98 Å². The Morgan fingerprint density at radius 2 is 1.84 bits per heavy atom. The minimum atomic E-state index is -0.676. The molecule has 0 spiro atoms. The Morgan fingerprint density at radius 3 is 2.56 bits per heavy atom. The standard InChI is InChI=1S/C25H28N2O4S/c1-31-21-9-5-2-6-18(21)14-22-23(19-7-3-4-8-20(19)28)27-25(32-22)26-15-16-10-12-17(13-11-16)24(29)30/h2-9,16-17,28H,10-15H2,1H3,(H,26,27)(H,29,30). The van der Waals surface area contributed by atoms with Gasteiger partial charge in [-0.1, -0.05) is 30.3 Å². The quantitative estimate of drug-likeness (QED) is 0.423. The number of carbonyl (C=O) groups is 1. The van der Waals surface area contributed by atoms with Crippen molar-refractivity contribution in [3.8, 4) is 22.8 Å². The summed E-state index contributed by atoms with van der Waals surface area (Å²) in [5.74, 6) is 0.600. The van der Waals surface area contributed by atoms with Gasteiger partial charge in [0.2, 0.25) is 0 Å². The number of para-hydroxylation sites is 2. The van der Waals surface area contributed by atoms with Crippen molar-refractivity contribution in [3.05, 3.63) is 59.0 Å². The fourth-order valence-corrected chi connectivity index (χ4v) is 5.30. The second-order valence-electron chi connectivity index (χ2n) is 8.23. The summed E-state index contributed by atoms with van der Waals surface area (Å²) in [6.07, 6.45) is 3.95. The zero-order chi connectivity index (χ0) is 22.5. The van der Waals surface area contributed by atoms with Gasteiger partial charge in [-0.15, -0.1) is 11.3 Å². The molecule has 32 heavy (non-hydrogen) atoms. The van der Waals surface area contributed by atoms with Crippen LogP contribution in [0.2, 0.25) is 0 Å². The van der Waals surface area contributed by atoms with Crippen molar-refractivity contribution in [1.29, 1.82) is 0 Å². The molecule has 0 aliphatic heterocycles. The Kier molecular flexibility index (Phi) is 6.95. The Morgan fingerprint density at radius 1 is 1.12 bits per heavy atom. The highest BCUT2D eigenvalue weighted by Crippen LogP contribution is 2.38. The van der Waals surface area contributed by atoms with Crippen LogP contribution < -0.4 is 10.1 Å². The number of carboxylic acid groups (broad SMARTS) is 1. The number of hydrogen-bond acceptors (Lipinski definition) is 6. The molecule has 3 N–H and O–H groups in total. The van der Waals surface area contributed by atoms with E-state index in [0.29, 0.717) is 17.9 Å². The number of hydrogen-bond donors (Lipinski definition) is 3. The average Bonchev–Trinajstić information content (AvgIpc) is 3.21. The maximum atomic E-state index is 11.2. The third-order valence-corrected chi connectivity index (χ3v) is 7.15. The van der Waals surface area contributed by atoms with E-state index in [1.807, 2.05) is 36.4 Å². The van der Waals surface area contributed by atoms with Crippen LogP contribution in [0.4, 0.5) is 5.13 Å². The lowest BCUT2D eigenvalue weighted by molar-refractivity contribution is -0.143. The SMILES string of the molecule is COc1ccccc1Cc1sc(NCC2CCC(C(=O)O)CC2)nc1-c1ccccc1O. The van der Waals surface area contributed by atoms with E-state index in [9.17, 15) is 15.0 Å². The Labute approximate surface area is 191 Å². The number of thiazole rings is 1. The van der Waals surface area contributed by atoms with E-state index in [2.05, 4.69) is 5.32 Å². The van der Waals surface area contributed by atoms with Gasteiger partial charge in [-0.2, -0.15) is 0 Å². The average molecular weight is 453 g/mol. The number of aromatic hydroxyl groups is 1. The predicted octanol–water partition coefficient (Wildman–Crippen LogP) is 5.42. The first-order valence-corrected chi connectivity index (χ1v) is 11.7. The van der Waals surface area contributed by atoms with Gasteiger partial charge in [0.25, 0.3) is 0 Å². The van der Waals surface area contributed by atoms with Gasteiger partial charge in [0.15, 0.2) is 5.13 Å². The zero-order valence-electron chi connectivity index (χ0n) is 18.1. The maximum Gasteiger partial charge on any atom is 0.306 e. The van der Waals surface area contributed by atoms with E-state index in [1.54, 1.807) is 30.6 Å². The summed E-state index contributed by atoms with van der Waals surface area (Å²) in [6, 6.07) is 15.2. The van der Waals surface area contributed by atoms with Gasteiger partial charge in [0.1, 0.15) is 11.5 Å². The smallest absolute Gasteiger partial charge is 0.306 e. The minimum absolute atomic E-state index is 0.203. The highest BCUT2D eigenvalue weighted by molar-refractivity contribution is 7.16. The molecular weight excluding hydrogens is 424 g/mol. The van der Waals surface area contributed by atoms with Gasteiger partial charge in [-0.3, -0.25) is 4.79 Å². The summed E-state index contributed by atoms with van der Waals surface area (Å²) in [5, 5.41) is 23.9. The number of aliphatic carboxylic acids is 1. The Bertz CT molecular complexity index is 1070. The molecule has 1 heterocycles. The van der Waals surface area contributed by atoms with Crippen molar-refractivity contribution >= 4 is 22.4 Å². The van der Waals surface area contributed by atoms with E-state index in [4.69, 9.17) is 9.72 Å². The summed E-state index contributed by atoms with van der Waals surface area (Å²) in [5.41, 5.74) is 2.55. The lowest BCUT2D eigenvalue weighted by Crippen LogP contribution is -2.25. The number of phenolic OH excluding ortho intramolecular Hbond substituents is 1. The molecule has 0 atom stereocenters. The van der Waals surface area contributed by atoms with E-state index in [1.165, 1.54) is 0 Å². The second-order valence-corrected chi connectivity index (χ2v) is 9.32. The number of methoxy groups -OCH3 is 1. The highest BCUT2D eigenvalue weighted by atomic mass is 32.1. The molecule has 1 fully saturated rings. The van der Waals surface area contributed by atoms with E-state index < -0.39 is 5.97 Å². The summed E-state index contributed by atoms with van der Waals surface area (Å²) in [7, 11) is 1.67. The number of nitrogens with zero attached hydrogens (tertiary/aromatic N) is 1. The van der Waals surface area contributed by atoms with Gasteiger partial charge < -0.3 is 20.3 Å². The third kappa shape index (κ3) is 5.05. The Balaban J connectivity index is 1.54. The molecule has 1 aliphatic carbocycles. The fourth-order valence-electron chi connectivity index (χ4n) is 4.30. The van der Waals surface area contributed by atoms with Crippen molar-refractivity contribution in [3.63, 3.8) is 0 Å². The highest BCUT2D eigenvalue weighted by Gasteiger charge is 2.26. The minimum Gasteiger partial charge on any atom is -0.507 e. The van der Waals surface area contributed by atoms with Gasteiger partial charge in [-0.25, -0.2) is 4.98 Å². The molecule has 3 aromatic rings. The molecule has 0 amide bonds. The largest absolute Gasteiger partial charge is 0.507 e. The van der Waals surface area contributed by atoms with Crippen molar-refractivity contribution in [2.45, 2.75) is 32.1 Å². The molecule has 168 valence electrons. The van der Waals surface area contributed by atoms with Crippen LogP contribution in [0.3, 0.4) is 0 Å². The Hall–Kier alpha value is -3.06. The molecule has 0 radical (unpaired) electrons. The summed E-state index contributed by atoms with van der Waals surface area (Å²) < 4.78 is 5.52. The van der Waals surface area contributed by atoms with Crippen LogP contribution in [-0.2, 0) is 11.2 Å². The number of benzene rings is 2. The van der Waals surface area contributed by atoms with Crippen molar-refractivity contribution < 1.29 is 19.7 Å². The van der Waals surface area contributed by atoms with Crippen LogP contribution in [0.5, 0.6) is 11.5 Å². The number of anilines is 1. The van der Waals surface area contributed by atoms with Crippen LogP contribution in [0, 0.1) is 11.8 Å². The van der Waals surface area contributed by atoms with Gasteiger partial charge in [0.05, 0.1) is 18.7 Å². The first-order valence-electron chi connectivity index (χ1n) is 10.9. The molecule has 1 saturated carbocycles. The first-order chi connectivity index (χ1) is 15.5. The van der Waals surface area contributed by atoms with E-state index >= 15 is 0 Å². The molecule has 6 nitrogen and oxygen atoms in total. The van der Waals surface area contributed by atoms with E-state index in [-0.39, 0.29) is 11.7 Å². The monoisotopic (exact) mass is 452 g/mol. The molecule has 2 aromatic carbocycles. The molecule has 0 unspecified atom stereocenters. The maximum absolute atomic E-state index is 11.2. The molecule has 1 aromatic heterocycles. The topological polar surface area (TPSA) is 91.7 Å².